The molecule has 0 aliphatic rings. The number of para-hydroxylation sites is 1. The van der Waals surface area contributed by atoms with Crippen molar-refractivity contribution in [3.63, 3.8) is 0 Å². The minimum atomic E-state index is 0.605. The molecule has 1 aromatic carbocycles. The second-order valence-electron chi connectivity index (χ2n) is 4.92. The molecule has 4 heteroatoms. The van der Waals surface area contributed by atoms with Crippen molar-refractivity contribution in [3.8, 4) is 11.8 Å². The van der Waals surface area contributed by atoms with E-state index in [1.165, 1.54) is 12.2 Å². The molecule has 0 aliphatic carbocycles. The van der Waals surface area contributed by atoms with Gasteiger partial charge in [0.1, 0.15) is 11.8 Å². The zero-order valence-electron chi connectivity index (χ0n) is 12.6. The number of hydrogen-bond acceptors (Lipinski definition) is 4. The third-order valence-corrected chi connectivity index (χ3v) is 4.06. The number of hydrogen-bond donors (Lipinski definition) is 0. The van der Waals surface area contributed by atoms with E-state index in [0.717, 1.165) is 13.0 Å². The predicted octanol–water partition coefficient (Wildman–Crippen LogP) is 3.40. The molecule has 0 amide bonds. The summed E-state index contributed by atoms with van der Waals surface area (Å²) < 4.78 is 5.69. The summed E-state index contributed by atoms with van der Waals surface area (Å²) in [4.78, 5) is 2.37. The molecule has 1 rings (SSSR count). The van der Waals surface area contributed by atoms with Crippen molar-refractivity contribution in [2.45, 2.75) is 25.8 Å². The quantitative estimate of drug-likeness (QED) is 0.654. The van der Waals surface area contributed by atoms with Crippen molar-refractivity contribution in [3.05, 3.63) is 29.8 Å². The van der Waals surface area contributed by atoms with Crippen LogP contribution in [-0.4, -0.2) is 43.1 Å². The maximum Gasteiger partial charge on any atom is 0.137 e. The molecule has 20 heavy (non-hydrogen) atoms. The average Bonchev–Trinajstić information content (AvgIpc) is 2.49. The van der Waals surface area contributed by atoms with E-state index in [4.69, 9.17) is 10.00 Å². The van der Waals surface area contributed by atoms with Crippen LogP contribution in [0.1, 0.15) is 25.3 Å². The van der Waals surface area contributed by atoms with Crippen LogP contribution in [0.4, 0.5) is 0 Å². The molecule has 0 aromatic heterocycles. The standard InChI is InChI=1S/C16H24N2OS/c1-14(9-12-20-3)18(2)10-6-11-19-16-8-5-4-7-15(16)13-17/h4-5,7-8,14H,6,9-12H2,1-3H3. The van der Waals surface area contributed by atoms with E-state index in [1.807, 2.05) is 30.0 Å². The van der Waals surface area contributed by atoms with Gasteiger partial charge in [0, 0.05) is 12.6 Å². The summed E-state index contributed by atoms with van der Waals surface area (Å²) in [5.41, 5.74) is 0.606. The van der Waals surface area contributed by atoms with Crippen LogP contribution in [0.3, 0.4) is 0 Å². The smallest absolute Gasteiger partial charge is 0.137 e. The lowest BCUT2D eigenvalue weighted by Crippen LogP contribution is -2.31. The van der Waals surface area contributed by atoms with Crippen LogP contribution in [0.25, 0.3) is 0 Å². The Morgan fingerprint density at radius 3 is 2.85 bits per heavy atom. The Morgan fingerprint density at radius 2 is 2.15 bits per heavy atom. The minimum Gasteiger partial charge on any atom is -0.492 e. The topological polar surface area (TPSA) is 36.3 Å². The van der Waals surface area contributed by atoms with Gasteiger partial charge in [-0.2, -0.15) is 17.0 Å². The summed E-state index contributed by atoms with van der Waals surface area (Å²) in [7, 11) is 2.16. The van der Waals surface area contributed by atoms with E-state index < -0.39 is 0 Å². The van der Waals surface area contributed by atoms with Gasteiger partial charge in [0.15, 0.2) is 0 Å². The molecular weight excluding hydrogens is 268 g/mol. The first-order valence-corrected chi connectivity index (χ1v) is 8.39. The van der Waals surface area contributed by atoms with E-state index in [0.29, 0.717) is 24.0 Å². The number of thioether (sulfide) groups is 1. The summed E-state index contributed by atoms with van der Waals surface area (Å²) in [5.74, 6) is 1.89. The molecule has 0 N–H and O–H groups in total. The molecule has 1 unspecified atom stereocenters. The fraction of sp³-hybridized carbons (Fsp3) is 0.562. The fourth-order valence-corrected chi connectivity index (χ4v) is 2.49. The molecule has 1 aromatic rings. The molecule has 0 radical (unpaired) electrons. The monoisotopic (exact) mass is 292 g/mol. The number of ether oxygens (including phenoxy) is 1. The summed E-state index contributed by atoms with van der Waals surface area (Å²) >= 11 is 1.90. The molecule has 0 bridgehead atoms. The molecule has 0 saturated heterocycles. The lowest BCUT2D eigenvalue weighted by atomic mass is 10.2. The molecule has 110 valence electrons. The fourth-order valence-electron chi connectivity index (χ4n) is 1.91. The summed E-state index contributed by atoms with van der Waals surface area (Å²) in [6.45, 7) is 3.94. The summed E-state index contributed by atoms with van der Waals surface area (Å²) in [5, 5.41) is 8.98. The van der Waals surface area contributed by atoms with Crippen LogP contribution < -0.4 is 4.74 Å². The first-order chi connectivity index (χ1) is 9.69. The maximum atomic E-state index is 8.98. The summed E-state index contributed by atoms with van der Waals surface area (Å²) in [6.07, 6.45) is 4.34. The van der Waals surface area contributed by atoms with Crippen molar-refractivity contribution in [2.75, 3.05) is 32.2 Å². The van der Waals surface area contributed by atoms with Gasteiger partial charge in [0.25, 0.3) is 0 Å². The number of nitriles is 1. The molecule has 0 aliphatic heterocycles. The van der Waals surface area contributed by atoms with Crippen LogP contribution >= 0.6 is 11.8 Å². The van der Waals surface area contributed by atoms with Gasteiger partial charge >= 0.3 is 0 Å². The third-order valence-electron chi connectivity index (χ3n) is 3.41. The van der Waals surface area contributed by atoms with Gasteiger partial charge in [-0.3, -0.25) is 0 Å². The SMILES string of the molecule is CSCCC(C)N(C)CCCOc1ccccc1C#N. The molecule has 0 fully saturated rings. The second-order valence-corrected chi connectivity index (χ2v) is 5.91. The normalized spacial score (nSPS) is 12.2. The van der Waals surface area contributed by atoms with Crippen LogP contribution in [0, 0.1) is 11.3 Å². The highest BCUT2D eigenvalue weighted by Gasteiger charge is 2.08. The molecular formula is C16H24N2OS. The van der Waals surface area contributed by atoms with Gasteiger partial charge in [0.2, 0.25) is 0 Å². The van der Waals surface area contributed by atoms with Gasteiger partial charge in [0.05, 0.1) is 12.2 Å². The van der Waals surface area contributed by atoms with Crippen LogP contribution in [0.5, 0.6) is 5.75 Å². The van der Waals surface area contributed by atoms with Gasteiger partial charge in [-0.1, -0.05) is 12.1 Å². The number of nitrogens with zero attached hydrogens (tertiary/aromatic N) is 2. The second kappa shape index (κ2) is 9.68. The van der Waals surface area contributed by atoms with Gasteiger partial charge in [-0.05, 0) is 51.0 Å². The van der Waals surface area contributed by atoms with Gasteiger partial charge in [-0.25, -0.2) is 0 Å². The van der Waals surface area contributed by atoms with Crippen LogP contribution in [0.2, 0.25) is 0 Å². The van der Waals surface area contributed by atoms with Gasteiger partial charge in [-0.15, -0.1) is 0 Å². The Morgan fingerprint density at radius 1 is 1.40 bits per heavy atom. The Hall–Kier alpha value is -1.18. The van der Waals surface area contributed by atoms with E-state index in [9.17, 15) is 0 Å². The minimum absolute atomic E-state index is 0.605. The van der Waals surface area contributed by atoms with Crippen molar-refractivity contribution < 1.29 is 4.74 Å². The van der Waals surface area contributed by atoms with E-state index in [1.54, 1.807) is 6.07 Å². The first-order valence-electron chi connectivity index (χ1n) is 7.00. The zero-order chi connectivity index (χ0) is 14.8. The molecule has 0 saturated carbocycles. The van der Waals surface area contributed by atoms with Crippen molar-refractivity contribution in [1.82, 2.24) is 4.90 Å². The average molecular weight is 292 g/mol. The first kappa shape index (κ1) is 16.9. The van der Waals surface area contributed by atoms with E-state index in [-0.39, 0.29) is 0 Å². The number of rotatable bonds is 9. The zero-order valence-corrected chi connectivity index (χ0v) is 13.4. The molecule has 0 heterocycles. The van der Waals surface area contributed by atoms with Crippen LogP contribution in [-0.2, 0) is 0 Å². The largest absolute Gasteiger partial charge is 0.492 e. The summed E-state index contributed by atoms with van der Waals surface area (Å²) in [6, 6.07) is 10.1. The Labute approximate surface area is 126 Å². The van der Waals surface area contributed by atoms with Crippen molar-refractivity contribution >= 4 is 11.8 Å². The lowest BCUT2D eigenvalue weighted by molar-refractivity contribution is 0.221. The highest BCUT2D eigenvalue weighted by Crippen LogP contribution is 2.16. The Bertz CT molecular complexity index is 431. The highest BCUT2D eigenvalue weighted by atomic mass is 32.2. The highest BCUT2D eigenvalue weighted by molar-refractivity contribution is 7.98. The lowest BCUT2D eigenvalue weighted by Gasteiger charge is -2.24. The van der Waals surface area contributed by atoms with Gasteiger partial charge < -0.3 is 9.64 Å². The number of benzene rings is 1. The Kier molecular flexibility index (Phi) is 8.17. The molecule has 0 spiro atoms. The van der Waals surface area contributed by atoms with E-state index in [2.05, 4.69) is 31.2 Å². The van der Waals surface area contributed by atoms with E-state index >= 15 is 0 Å². The maximum absolute atomic E-state index is 8.98. The van der Waals surface area contributed by atoms with Crippen molar-refractivity contribution in [1.29, 1.82) is 5.26 Å². The molecule has 3 nitrogen and oxygen atoms in total. The predicted molar refractivity (Wildman–Crippen MR) is 86.4 cm³/mol. The third kappa shape index (κ3) is 5.85. The van der Waals surface area contributed by atoms with Crippen LogP contribution in [0.15, 0.2) is 24.3 Å². The Balaban J connectivity index is 2.26. The molecule has 1 atom stereocenters. The van der Waals surface area contributed by atoms with Crippen molar-refractivity contribution in [2.24, 2.45) is 0 Å².